The molecule has 9 heteroatoms. The first-order chi connectivity index (χ1) is 16.4. The number of aromatic nitrogens is 5. The molecule has 0 saturated heterocycles. The summed E-state index contributed by atoms with van der Waals surface area (Å²) in [7, 11) is 3.48. The predicted octanol–water partition coefficient (Wildman–Crippen LogP) is 4.55. The topological polar surface area (TPSA) is 89.8 Å². The molecule has 0 radical (unpaired) electrons. The zero-order valence-electron chi connectivity index (χ0n) is 19.6. The van der Waals surface area contributed by atoms with Crippen LogP contribution >= 0.6 is 0 Å². The van der Waals surface area contributed by atoms with E-state index in [2.05, 4.69) is 27.6 Å². The number of methoxy groups -OCH3 is 1. The maximum atomic E-state index is 13.6. The Morgan fingerprint density at radius 3 is 2.59 bits per heavy atom. The first-order valence-electron chi connectivity index (χ1n) is 11.1. The van der Waals surface area contributed by atoms with Crippen LogP contribution in [0.5, 0.6) is 5.75 Å². The summed E-state index contributed by atoms with van der Waals surface area (Å²) in [6.45, 7) is 3.99. The highest BCUT2D eigenvalue weighted by atomic mass is 19.1. The number of ether oxygens (including phenoxy) is 1. The molecule has 2 aromatic carbocycles. The molecule has 0 aliphatic heterocycles. The average molecular weight is 460 g/mol. The Morgan fingerprint density at radius 2 is 1.91 bits per heavy atom. The number of nitrogens with zero attached hydrogens (tertiary/aromatic N) is 5. The molecule has 1 atom stereocenters. The van der Waals surface area contributed by atoms with Gasteiger partial charge in [0.1, 0.15) is 35.2 Å². The van der Waals surface area contributed by atoms with Crippen LogP contribution in [0, 0.1) is 12.7 Å². The van der Waals surface area contributed by atoms with Crippen molar-refractivity contribution in [2.75, 3.05) is 24.8 Å². The highest BCUT2D eigenvalue weighted by Crippen LogP contribution is 2.45. The van der Waals surface area contributed by atoms with Crippen LogP contribution in [0.15, 0.2) is 48.8 Å². The van der Waals surface area contributed by atoms with Crippen molar-refractivity contribution in [2.24, 2.45) is 0 Å². The van der Waals surface area contributed by atoms with E-state index in [0.29, 0.717) is 17.5 Å². The van der Waals surface area contributed by atoms with Gasteiger partial charge in [0.25, 0.3) is 0 Å². The molecule has 2 heterocycles. The smallest absolute Gasteiger partial charge is 0.229 e. The molecule has 174 valence electrons. The molecule has 2 N–H and O–H groups in total. The van der Waals surface area contributed by atoms with E-state index in [9.17, 15) is 4.39 Å². The summed E-state index contributed by atoms with van der Waals surface area (Å²) in [6.07, 6.45) is 3.37. The second-order valence-electron chi connectivity index (χ2n) is 8.56. The van der Waals surface area contributed by atoms with E-state index in [1.165, 1.54) is 12.1 Å². The number of fused-ring (bicyclic) bond motifs is 1. The van der Waals surface area contributed by atoms with Gasteiger partial charge in [0.2, 0.25) is 5.95 Å². The second kappa shape index (κ2) is 8.40. The van der Waals surface area contributed by atoms with Crippen molar-refractivity contribution in [2.45, 2.75) is 32.1 Å². The third-order valence-corrected chi connectivity index (χ3v) is 6.41. The highest BCUT2D eigenvalue weighted by Gasteiger charge is 2.39. The molecule has 0 amide bonds. The van der Waals surface area contributed by atoms with E-state index in [1.807, 2.05) is 44.3 Å². The Bertz CT molecular complexity index is 1350. The van der Waals surface area contributed by atoms with Crippen LogP contribution in [0.4, 0.5) is 21.8 Å². The highest BCUT2D eigenvalue weighted by molar-refractivity contribution is 5.64. The minimum atomic E-state index is -0.333. The number of rotatable bonds is 6. The Morgan fingerprint density at radius 1 is 1.12 bits per heavy atom. The molecule has 2 aromatic heterocycles. The fourth-order valence-electron chi connectivity index (χ4n) is 4.57. The fourth-order valence-corrected chi connectivity index (χ4v) is 4.57. The van der Waals surface area contributed by atoms with Crippen LogP contribution in [0.2, 0.25) is 0 Å². The third kappa shape index (κ3) is 3.72. The molecule has 0 saturated carbocycles. The Balaban J connectivity index is 1.51. The Labute approximate surface area is 197 Å². The molecule has 0 bridgehead atoms. The lowest BCUT2D eigenvalue weighted by atomic mass is 9.80. The normalized spacial score (nSPS) is 16.9. The van der Waals surface area contributed by atoms with Gasteiger partial charge in [-0.25, -0.2) is 19.0 Å². The lowest BCUT2D eigenvalue weighted by molar-refractivity contribution is 0.412. The van der Waals surface area contributed by atoms with Crippen molar-refractivity contribution in [1.29, 1.82) is 0 Å². The summed E-state index contributed by atoms with van der Waals surface area (Å²) in [6, 6.07) is 12.4. The number of nitrogens with one attached hydrogen (secondary N) is 2. The molecule has 5 rings (SSSR count). The minimum absolute atomic E-state index is 0.245. The standard InChI is InChI=1S/C25H26FN7O/c1-15-28-14-33(32-15)20-10-9-18(13-21(20)34-4)29-24-30-22-19(23(27-3)31-24)11-12-25(22,2)16-5-7-17(26)8-6-16/h5-10,13-14H,11-12H2,1-4H3,(H2,27,29,30,31). The molecule has 8 nitrogen and oxygen atoms in total. The van der Waals surface area contributed by atoms with Crippen molar-refractivity contribution in [3.63, 3.8) is 0 Å². The van der Waals surface area contributed by atoms with Gasteiger partial charge in [0.15, 0.2) is 0 Å². The second-order valence-corrected chi connectivity index (χ2v) is 8.56. The summed E-state index contributed by atoms with van der Waals surface area (Å²) < 4.78 is 20.8. The van der Waals surface area contributed by atoms with Gasteiger partial charge in [-0.1, -0.05) is 12.1 Å². The van der Waals surface area contributed by atoms with E-state index >= 15 is 0 Å². The molecule has 4 aromatic rings. The average Bonchev–Trinajstić information content (AvgIpc) is 3.43. The van der Waals surface area contributed by atoms with E-state index < -0.39 is 0 Å². The van der Waals surface area contributed by atoms with E-state index in [0.717, 1.165) is 46.9 Å². The lowest BCUT2D eigenvalue weighted by Gasteiger charge is -2.25. The summed E-state index contributed by atoms with van der Waals surface area (Å²) >= 11 is 0. The molecular formula is C25H26FN7O. The Kier molecular flexibility index (Phi) is 5.39. The maximum Gasteiger partial charge on any atom is 0.229 e. The maximum absolute atomic E-state index is 13.6. The monoisotopic (exact) mass is 459 g/mol. The lowest BCUT2D eigenvalue weighted by Crippen LogP contribution is -2.22. The molecule has 34 heavy (non-hydrogen) atoms. The van der Waals surface area contributed by atoms with Crippen molar-refractivity contribution in [3.05, 3.63) is 77.3 Å². The summed E-state index contributed by atoms with van der Waals surface area (Å²) in [5.41, 5.74) is 4.30. The zero-order valence-corrected chi connectivity index (χ0v) is 19.6. The van der Waals surface area contributed by atoms with Gasteiger partial charge in [-0.2, -0.15) is 10.1 Å². The number of hydrogen-bond donors (Lipinski definition) is 2. The van der Waals surface area contributed by atoms with Crippen molar-refractivity contribution < 1.29 is 9.13 Å². The van der Waals surface area contributed by atoms with E-state index in [1.54, 1.807) is 18.1 Å². The number of halogens is 1. The summed E-state index contributed by atoms with van der Waals surface area (Å²) in [5, 5.41) is 10.9. The number of hydrogen-bond acceptors (Lipinski definition) is 7. The molecule has 0 spiro atoms. The molecule has 1 aliphatic rings. The van der Waals surface area contributed by atoms with Gasteiger partial charge in [0.05, 0.1) is 12.8 Å². The first kappa shape index (κ1) is 21.8. The molecule has 1 unspecified atom stereocenters. The largest absolute Gasteiger partial charge is 0.494 e. The minimum Gasteiger partial charge on any atom is -0.494 e. The van der Waals surface area contributed by atoms with Crippen molar-refractivity contribution in [1.82, 2.24) is 24.7 Å². The van der Waals surface area contributed by atoms with Crippen LogP contribution in [-0.2, 0) is 11.8 Å². The van der Waals surface area contributed by atoms with Gasteiger partial charge < -0.3 is 15.4 Å². The molecule has 0 fully saturated rings. The number of aryl methyl sites for hydroxylation is 1. The first-order valence-corrected chi connectivity index (χ1v) is 11.1. The third-order valence-electron chi connectivity index (χ3n) is 6.41. The molecule has 1 aliphatic carbocycles. The number of anilines is 3. The van der Waals surface area contributed by atoms with Crippen LogP contribution in [-0.4, -0.2) is 38.9 Å². The summed E-state index contributed by atoms with van der Waals surface area (Å²) in [4.78, 5) is 13.8. The summed E-state index contributed by atoms with van der Waals surface area (Å²) in [5.74, 6) is 2.34. The van der Waals surface area contributed by atoms with Gasteiger partial charge in [-0.3, -0.25) is 0 Å². The van der Waals surface area contributed by atoms with Gasteiger partial charge in [0, 0.05) is 29.8 Å². The van der Waals surface area contributed by atoms with Gasteiger partial charge in [-0.15, -0.1) is 0 Å². The predicted molar refractivity (Wildman–Crippen MR) is 129 cm³/mol. The van der Waals surface area contributed by atoms with Crippen molar-refractivity contribution >= 4 is 17.5 Å². The van der Waals surface area contributed by atoms with Crippen LogP contribution in [0.3, 0.4) is 0 Å². The van der Waals surface area contributed by atoms with Crippen LogP contribution in [0.1, 0.15) is 36.0 Å². The quantitative estimate of drug-likeness (QED) is 0.437. The van der Waals surface area contributed by atoms with E-state index in [-0.39, 0.29) is 11.2 Å². The SMILES string of the molecule is CNc1nc(Nc2ccc(-n3cnc(C)n3)c(OC)c2)nc2c1CCC2(C)c1ccc(F)cc1. The number of benzene rings is 2. The van der Waals surface area contributed by atoms with Crippen LogP contribution in [0.25, 0.3) is 5.69 Å². The molecular weight excluding hydrogens is 433 g/mol. The fraction of sp³-hybridized carbons (Fsp3) is 0.280. The van der Waals surface area contributed by atoms with Gasteiger partial charge in [-0.05, 0) is 56.5 Å². The Hall–Kier alpha value is -4.01. The zero-order chi connectivity index (χ0) is 23.9. The van der Waals surface area contributed by atoms with Crippen LogP contribution < -0.4 is 15.4 Å². The van der Waals surface area contributed by atoms with Crippen molar-refractivity contribution in [3.8, 4) is 11.4 Å². The van der Waals surface area contributed by atoms with E-state index in [4.69, 9.17) is 14.7 Å². The van der Waals surface area contributed by atoms with Gasteiger partial charge >= 0.3 is 0 Å².